The van der Waals surface area contributed by atoms with Gasteiger partial charge in [0.2, 0.25) is 0 Å². The van der Waals surface area contributed by atoms with Gasteiger partial charge in [-0.15, -0.1) is 0 Å². The Balaban J connectivity index is 2.64. The number of hydrogen-bond acceptors (Lipinski definition) is 2. The lowest BCUT2D eigenvalue weighted by Crippen LogP contribution is -1.92. The summed E-state index contributed by atoms with van der Waals surface area (Å²) in [6, 6.07) is 13.4. The number of halogens is 1. The molecule has 0 saturated carbocycles. The number of hydrogen-bond donors (Lipinski definition) is 1. The molecule has 0 heterocycles. The number of ether oxygens (including phenoxy) is 1. The minimum atomic E-state index is 0.529. The van der Waals surface area contributed by atoms with Crippen molar-refractivity contribution in [3.63, 3.8) is 0 Å². The van der Waals surface area contributed by atoms with E-state index in [1.54, 1.807) is 13.2 Å². The van der Waals surface area contributed by atoms with E-state index in [0.29, 0.717) is 16.5 Å². The van der Waals surface area contributed by atoms with Crippen LogP contribution in [-0.2, 0) is 0 Å². The van der Waals surface area contributed by atoms with Crippen LogP contribution in [0.5, 0.6) is 5.75 Å². The summed E-state index contributed by atoms with van der Waals surface area (Å²) in [6.45, 7) is 0. The first-order valence-corrected chi connectivity index (χ1v) is 5.28. The van der Waals surface area contributed by atoms with Crippen molar-refractivity contribution >= 4 is 17.3 Å². The van der Waals surface area contributed by atoms with Gasteiger partial charge >= 0.3 is 0 Å². The molecule has 2 rings (SSSR count). The molecule has 3 heteroatoms. The third-order valence-corrected chi connectivity index (χ3v) is 2.64. The molecule has 0 aliphatic rings. The molecule has 0 radical (unpaired) electrons. The summed E-state index contributed by atoms with van der Waals surface area (Å²) in [4.78, 5) is 0. The highest BCUT2D eigenvalue weighted by molar-refractivity contribution is 6.32. The number of anilines is 1. The summed E-state index contributed by atoms with van der Waals surface area (Å²) in [5.74, 6) is 0.655. The Morgan fingerprint density at radius 3 is 2.44 bits per heavy atom. The number of benzene rings is 2. The standard InChI is InChI=1S/C13H12ClNO/c1-16-13-11(7-10(15)8-12(13)14)9-5-3-2-4-6-9/h2-8H,15H2,1H3. The second-order valence-electron chi connectivity index (χ2n) is 3.45. The van der Waals surface area contributed by atoms with Crippen molar-refractivity contribution in [2.75, 3.05) is 12.8 Å². The van der Waals surface area contributed by atoms with Gasteiger partial charge in [0.1, 0.15) is 5.75 Å². The monoisotopic (exact) mass is 233 g/mol. The predicted molar refractivity (Wildman–Crippen MR) is 67.9 cm³/mol. The zero-order chi connectivity index (χ0) is 11.5. The van der Waals surface area contributed by atoms with Gasteiger partial charge in [0.05, 0.1) is 12.1 Å². The van der Waals surface area contributed by atoms with E-state index >= 15 is 0 Å². The minimum Gasteiger partial charge on any atom is -0.495 e. The van der Waals surface area contributed by atoms with Crippen LogP contribution in [0.1, 0.15) is 0 Å². The molecular formula is C13H12ClNO. The van der Waals surface area contributed by atoms with Crippen LogP contribution >= 0.6 is 11.6 Å². The van der Waals surface area contributed by atoms with Crippen molar-refractivity contribution in [2.45, 2.75) is 0 Å². The molecule has 16 heavy (non-hydrogen) atoms. The Bertz CT molecular complexity index is 497. The van der Waals surface area contributed by atoms with Gasteiger partial charge in [-0.25, -0.2) is 0 Å². The van der Waals surface area contributed by atoms with Gasteiger partial charge in [0.25, 0.3) is 0 Å². The van der Waals surface area contributed by atoms with Gasteiger partial charge in [-0.3, -0.25) is 0 Å². The lowest BCUT2D eigenvalue weighted by atomic mass is 10.0. The van der Waals surface area contributed by atoms with Gasteiger partial charge in [-0.2, -0.15) is 0 Å². The van der Waals surface area contributed by atoms with Crippen LogP contribution < -0.4 is 10.5 Å². The fraction of sp³-hybridized carbons (Fsp3) is 0.0769. The largest absolute Gasteiger partial charge is 0.495 e. The average molecular weight is 234 g/mol. The minimum absolute atomic E-state index is 0.529. The lowest BCUT2D eigenvalue weighted by Gasteiger charge is -2.11. The van der Waals surface area contributed by atoms with Gasteiger partial charge in [-0.05, 0) is 17.7 Å². The molecular weight excluding hydrogens is 222 g/mol. The molecule has 82 valence electrons. The first kappa shape index (κ1) is 10.8. The zero-order valence-corrected chi connectivity index (χ0v) is 9.66. The first-order chi connectivity index (χ1) is 7.72. The van der Waals surface area contributed by atoms with Crippen LogP contribution in [0, 0.1) is 0 Å². The molecule has 0 amide bonds. The van der Waals surface area contributed by atoms with E-state index in [4.69, 9.17) is 22.1 Å². The molecule has 0 bridgehead atoms. The van der Waals surface area contributed by atoms with E-state index in [-0.39, 0.29) is 0 Å². The third kappa shape index (κ3) is 1.97. The Kier molecular flexibility index (Phi) is 3.02. The highest BCUT2D eigenvalue weighted by Crippen LogP contribution is 2.37. The molecule has 2 aromatic rings. The summed E-state index contributed by atoms with van der Waals surface area (Å²) in [7, 11) is 1.60. The molecule has 0 atom stereocenters. The highest BCUT2D eigenvalue weighted by atomic mass is 35.5. The second kappa shape index (κ2) is 4.45. The molecule has 0 aliphatic heterocycles. The molecule has 2 aromatic carbocycles. The fourth-order valence-corrected chi connectivity index (χ4v) is 1.96. The molecule has 0 aliphatic carbocycles. The van der Waals surface area contributed by atoms with Gasteiger partial charge in [-0.1, -0.05) is 41.9 Å². The van der Waals surface area contributed by atoms with Crippen LogP contribution in [0.4, 0.5) is 5.69 Å². The maximum absolute atomic E-state index is 6.08. The van der Waals surface area contributed by atoms with E-state index < -0.39 is 0 Å². The smallest absolute Gasteiger partial charge is 0.145 e. The zero-order valence-electron chi connectivity index (χ0n) is 8.91. The molecule has 0 spiro atoms. The van der Waals surface area contributed by atoms with Crippen LogP contribution in [0.3, 0.4) is 0 Å². The molecule has 2 nitrogen and oxygen atoms in total. The summed E-state index contributed by atoms with van der Waals surface area (Å²) < 4.78 is 5.30. The Labute approximate surface area is 99.6 Å². The maximum Gasteiger partial charge on any atom is 0.145 e. The van der Waals surface area contributed by atoms with E-state index in [9.17, 15) is 0 Å². The summed E-state index contributed by atoms with van der Waals surface area (Å²) in [5, 5.41) is 0.529. The van der Waals surface area contributed by atoms with Crippen LogP contribution in [0.2, 0.25) is 5.02 Å². The van der Waals surface area contributed by atoms with Crippen molar-refractivity contribution in [3.8, 4) is 16.9 Å². The number of rotatable bonds is 2. The molecule has 0 aromatic heterocycles. The average Bonchev–Trinajstić information content (AvgIpc) is 2.29. The van der Waals surface area contributed by atoms with Crippen molar-refractivity contribution in [3.05, 3.63) is 47.5 Å². The first-order valence-electron chi connectivity index (χ1n) is 4.91. The van der Waals surface area contributed by atoms with Crippen LogP contribution in [0.25, 0.3) is 11.1 Å². The number of methoxy groups -OCH3 is 1. The van der Waals surface area contributed by atoms with Crippen LogP contribution in [-0.4, -0.2) is 7.11 Å². The van der Waals surface area contributed by atoms with Gasteiger partial charge in [0.15, 0.2) is 0 Å². The lowest BCUT2D eigenvalue weighted by molar-refractivity contribution is 0.417. The SMILES string of the molecule is COc1c(Cl)cc(N)cc1-c1ccccc1. The molecule has 2 N–H and O–H groups in total. The summed E-state index contributed by atoms with van der Waals surface area (Å²) in [5.41, 5.74) is 8.36. The molecule has 0 saturated heterocycles. The van der Waals surface area contributed by atoms with E-state index in [0.717, 1.165) is 11.1 Å². The van der Waals surface area contributed by atoms with E-state index in [1.165, 1.54) is 0 Å². The molecule has 0 fully saturated rings. The van der Waals surface area contributed by atoms with Crippen molar-refractivity contribution in [1.29, 1.82) is 0 Å². The fourth-order valence-electron chi connectivity index (χ4n) is 1.65. The van der Waals surface area contributed by atoms with E-state index in [1.807, 2.05) is 36.4 Å². The third-order valence-electron chi connectivity index (χ3n) is 2.35. The Morgan fingerprint density at radius 2 is 1.81 bits per heavy atom. The van der Waals surface area contributed by atoms with Crippen LogP contribution in [0.15, 0.2) is 42.5 Å². The topological polar surface area (TPSA) is 35.2 Å². The van der Waals surface area contributed by atoms with Crippen molar-refractivity contribution in [2.24, 2.45) is 0 Å². The number of nitrogens with two attached hydrogens (primary N) is 1. The quantitative estimate of drug-likeness (QED) is 0.805. The molecule has 0 unspecified atom stereocenters. The second-order valence-corrected chi connectivity index (χ2v) is 3.86. The summed E-state index contributed by atoms with van der Waals surface area (Å²) >= 11 is 6.08. The highest BCUT2D eigenvalue weighted by Gasteiger charge is 2.10. The maximum atomic E-state index is 6.08. The Morgan fingerprint density at radius 1 is 1.12 bits per heavy atom. The summed E-state index contributed by atoms with van der Waals surface area (Å²) in [6.07, 6.45) is 0. The van der Waals surface area contributed by atoms with Gasteiger partial charge < -0.3 is 10.5 Å². The van der Waals surface area contributed by atoms with Crippen molar-refractivity contribution < 1.29 is 4.74 Å². The normalized spacial score (nSPS) is 10.1. The van der Waals surface area contributed by atoms with E-state index in [2.05, 4.69) is 0 Å². The number of nitrogen functional groups attached to an aromatic ring is 1. The predicted octanol–water partition coefficient (Wildman–Crippen LogP) is 3.60. The van der Waals surface area contributed by atoms with Crippen molar-refractivity contribution in [1.82, 2.24) is 0 Å². The Hall–Kier alpha value is -1.67. The van der Waals surface area contributed by atoms with Gasteiger partial charge in [0, 0.05) is 11.3 Å².